The standard InChI is InChI=1S/C28H19FN2O5/c1-34-22-12-15(10-11-21(22)35-14-16-6-2-5-9-20(16)29)23-19(13-30)28(31)36-27-24(23)25(32)17-7-3-4-8-18(17)26(27)33/h2-12,23H,14,31H2,1H3/t23-/m0/s1. The molecule has 2 aliphatic rings. The molecule has 3 aromatic rings. The molecule has 0 saturated heterocycles. The van der Waals surface area contributed by atoms with Crippen molar-refractivity contribution in [1.29, 1.82) is 5.26 Å². The van der Waals surface area contributed by atoms with E-state index in [4.69, 9.17) is 19.9 Å². The van der Waals surface area contributed by atoms with Gasteiger partial charge in [0.15, 0.2) is 23.0 Å². The molecule has 0 saturated carbocycles. The first-order chi connectivity index (χ1) is 17.4. The number of carbonyl (C=O) groups is 2. The number of fused-ring (bicyclic) bond motifs is 1. The molecule has 5 rings (SSSR count). The lowest BCUT2D eigenvalue weighted by atomic mass is 9.75. The largest absolute Gasteiger partial charge is 0.493 e. The summed E-state index contributed by atoms with van der Waals surface area (Å²) in [6, 6.07) is 19.5. The van der Waals surface area contributed by atoms with E-state index in [-0.39, 0.29) is 40.5 Å². The van der Waals surface area contributed by atoms with Crippen molar-refractivity contribution in [3.05, 3.63) is 118 Å². The first-order valence-corrected chi connectivity index (χ1v) is 11.0. The Bertz CT molecular complexity index is 1530. The number of nitrogens with zero attached hydrogens (tertiary/aromatic N) is 1. The van der Waals surface area contributed by atoms with Gasteiger partial charge in [-0.25, -0.2) is 4.39 Å². The van der Waals surface area contributed by atoms with Gasteiger partial charge >= 0.3 is 0 Å². The topological polar surface area (TPSA) is 112 Å². The molecule has 7 nitrogen and oxygen atoms in total. The monoisotopic (exact) mass is 482 g/mol. The quantitative estimate of drug-likeness (QED) is 0.568. The molecule has 1 heterocycles. The number of carbonyl (C=O) groups excluding carboxylic acids is 2. The van der Waals surface area contributed by atoms with Crippen molar-refractivity contribution in [2.75, 3.05) is 7.11 Å². The number of rotatable bonds is 5. The summed E-state index contributed by atoms with van der Waals surface area (Å²) in [5.41, 5.74) is 7.34. The predicted molar refractivity (Wildman–Crippen MR) is 127 cm³/mol. The first-order valence-electron chi connectivity index (χ1n) is 11.0. The average molecular weight is 482 g/mol. The van der Waals surface area contributed by atoms with Crippen LogP contribution in [-0.2, 0) is 11.3 Å². The van der Waals surface area contributed by atoms with Gasteiger partial charge in [-0.1, -0.05) is 48.5 Å². The highest BCUT2D eigenvalue weighted by atomic mass is 19.1. The molecule has 1 aliphatic heterocycles. The molecule has 0 spiro atoms. The van der Waals surface area contributed by atoms with Crippen LogP contribution in [0.3, 0.4) is 0 Å². The van der Waals surface area contributed by atoms with Crippen LogP contribution < -0.4 is 15.2 Å². The number of nitriles is 1. The van der Waals surface area contributed by atoms with Crippen LogP contribution >= 0.6 is 0 Å². The highest BCUT2D eigenvalue weighted by molar-refractivity contribution is 6.27. The number of Topliss-reactive ketones (excluding diaryl/α,β-unsaturated/α-hetero) is 2. The third-order valence-corrected chi connectivity index (χ3v) is 6.15. The molecule has 0 aromatic heterocycles. The van der Waals surface area contributed by atoms with Crippen LogP contribution in [0.4, 0.5) is 4.39 Å². The van der Waals surface area contributed by atoms with E-state index in [0.717, 1.165) is 0 Å². The summed E-state index contributed by atoms with van der Waals surface area (Å²) in [5.74, 6) is -2.08. The Morgan fingerprint density at radius 2 is 1.69 bits per heavy atom. The summed E-state index contributed by atoms with van der Waals surface area (Å²) in [4.78, 5) is 26.7. The number of benzene rings is 3. The Kier molecular flexibility index (Phi) is 5.74. The molecule has 0 bridgehead atoms. The Hall–Kier alpha value is -4.90. The number of allylic oxidation sites excluding steroid dienone is 3. The van der Waals surface area contributed by atoms with Gasteiger partial charge < -0.3 is 19.9 Å². The minimum atomic E-state index is -0.960. The van der Waals surface area contributed by atoms with E-state index >= 15 is 0 Å². The number of ketones is 2. The van der Waals surface area contributed by atoms with Crippen LogP contribution in [0.15, 0.2) is 89.5 Å². The molecule has 1 atom stereocenters. The zero-order chi connectivity index (χ0) is 25.4. The van der Waals surface area contributed by atoms with Crippen LogP contribution in [0.25, 0.3) is 0 Å². The molecule has 1 aliphatic carbocycles. The van der Waals surface area contributed by atoms with E-state index in [2.05, 4.69) is 0 Å². The maximum Gasteiger partial charge on any atom is 0.229 e. The summed E-state index contributed by atoms with van der Waals surface area (Å²) in [5, 5.41) is 9.87. The van der Waals surface area contributed by atoms with Gasteiger partial charge in [-0.05, 0) is 23.8 Å². The van der Waals surface area contributed by atoms with Crippen LogP contribution in [0.1, 0.15) is 37.8 Å². The number of nitrogens with two attached hydrogens (primary N) is 1. The third kappa shape index (κ3) is 3.67. The lowest BCUT2D eigenvalue weighted by Crippen LogP contribution is -2.32. The Balaban J connectivity index is 1.57. The SMILES string of the molecule is COc1cc([C@H]2C(C#N)=C(N)OC3=C2C(=O)c2ccccc2C3=O)ccc1OCc1ccccc1F. The maximum atomic E-state index is 14.0. The van der Waals surface area contributed by atoms with Gasteiger partial charge in [0, 0.05) is 16.7 Å². The van der Waals surface area contributed by atoms with E-state index in [9.17, 15) is 19.2 Å². The van der Waals surface area contributed by atoms with Crippen molar-refractivity contribution in [3.63, 3.8) is 0 Å². The third-order valence-electron chi connectivity index (χ3n) is 6.15. The maximum absolute atomic E-state index is 14.0. The fraction of sp³-hybridized carbons (Fsp3) is 0.107. The van der Waals surface area contributed by atoms with E-state index < -0.39 is 23.3 Å². The van der Waals surface area contributed by atoms with Crippen molar-refractivity contribution >= 4 is 11.6 Å². The lowest BCUT2D eigenvalue weighted by molar-refractivity contribution is 0.0897. The molecule has 36 heavy (non-hydrogen) atoms. The Morgan fingerprint density at radius 3 is 2.39 bits per heavy atom. The number of ether oxygens (including phenoxy) is 3. The van der Waals surface area contributed by atoms with Gasteiger partial charge in [-0.15, -0.1) is 0 Å². The fourth-order valence-corrected chi connectivity index (χ4v) is 4.39. The van der Waals surface area contributed by atoms with Gasteiger partial charge in [0.25, 0.3) is 0 Å². The second-order valence-corrected chi connectivity index (χ2v) is 8.16. The van der Waals surface area contributed by atoms with Gasteiger partial charge in [-0.2, -0.15) is 5.26 Å². The molecule has 3 aromatic carbocycles. The van der Waals surface area contributed by atoms with Gasteiger partial charge in [0.05, 0.1) is 18.6 Å². The second-order valence-electron chi connectivity index (χ2n) is 8.16. The number of hydrogen-bond acceptors (Lipinski definition) is 7. The molecule has 178 valence electrons. The number of hydrogen-bond donors (Lipinski definition) is 1. The highest BCUT2D eigenvalue weighted by Gasteiger charge is 2.43. The zero-order valence-corrected chi connectivity index (χ0v) is 19.1. The zero-order valence-electron chi connectivity index (χ0n) is 19.1. The molecule has 0 fully saturated rings. The van der Waals surface area contributed by atoms with Crippen molar-refractivity contribution in [3.8, 4) is 17.6 Å². The Morgan fingerprint density at radius 1 is 1.00 bits per heavy atom. The summed E-state index contributed by atoms with van der Waals surface area (Å²) < 4.78 is 30.8. The summed E-state index contributed by atoms with van der Waals surface area (Å²) in [7, 11) is 1.44. The van der Waals surface area contributed by atoms with Crippen molar-refractivity contribution < 1.29 is 28.2 Å². The van der Waals surface area contributed by atoms with Crippen LogP contribution in [0.5, 0.6) is 11.5 Å². The molecular formula is C28H19FN2O5. The van der Waals surface area contributed by atoms with Crippen molar-refractivity contribution in [1.82, 2.24) is 0 Å². The van der Waals surface area contributed by atoms with Gasteiger partial charge in [0.1, 0.15) is 24.1 Å². The molecule has 8 heteroatoms. The second kappa shape index (κ2) is 9.04. The van der Waals surface area contributed by atoms with E-state index in [1.54, 1.807) is 60.7 Å². The van der Waals surface area contributed by atoms with E-state index in [1.165, 1.54) is 13.2 Å². The molecular weight excluding hydrogens is 463 g/mol. The normalized spacial score (nSPS) is 16.6. The van der Waals surface area contributed by atoms with Crippen molar-refractivity contribution in [2.24, 2.45) is 5.73 Å². The minimum absolute atomic E-state index is 0.00337. The Labute approximate surface area is 205 Å². The number of halogens is 1. The summed E-state index contributed by atoms with van der Waals surface area (Å²) >= 11 is 0. The fourth-order valence-electron chi connectivity index (χ4n) is 4.39. The van der Waals surface area contributed by atoms with Crippen LogP contribution in [0.2, 0.25) is 0 Å². The van der Waals surface area contributed by atoms with Crippen molar-refractivity contribution in [2.45, 2.75) is 12.5 Å². The lowest BCUT2D eigenvalue weighted by Gasteiger charge is -2.31. The molecule has 2 N–H and O–H groups in total. The minimum Gasteiger partial charge on any atom is -0.493 e. The van der Waals surface area contributed by atoms with Gasteiger partial charge in [-0.3, -0.25) is 9.59 Å². The van der Waals surface area contributed by atoms with Gasteiger partial charge in [0.2, 0.25) is 11.7 Å². The molecule has 0 unspecified atom stereocenters. The smallest absolute Gasteiger partial charge is 0.229 e. The highest BCUT2D eigenvalue weighted by Crippen LogP contribution is 2.45. The van der Waals surface area contributed by atoms with E-state index in [0.29, 0.717) is 22.6 Å². The van der Waals surface area contributed by atoms with Crippen LogP contribution in [-0.4, -0.2) is 18.7 Å². The molecule has 0 radical (unpaired) electrons. The first kappa shape index (κ1) is 22.9. The predicted octanol–water partition coefficient (Wildman–Crippen LogP) is 4.55. The number of methoxy groups -OCH3 is 1. The van der Waals surface area contributed by atoms with E-state index in [1.807, 2.05) is 6.07 Å². The summed E-state index contributed by atoms with van der Waals surface area (Å²) in [6.45, 7) is -0.0327. The van der Waals surface area contributed by atoms with Crippen LogP contribution in [0, 0.1) is 17.1 Å². The average Bonchev–Trinajstić information content (AvgIpc) is 2.90. The molecule has 0 amide bonds. The summed E-state index contributed by atoms with van der Waals surface area (Å²) in [6.07, 6.45) is 0.